The van der Waals surface area contributed by atoms with Crippen molar-refractivity contribution >= 4 is 39.3 Å². The number of aromatic nitrogens is 1. The van der Waals surface area contributed by atoms with Crippen LogP contribution in [0.1, 0.15) is 13.3 Å². The first kappa shape index (κ1) is 14.3. The van der Waals surface area contributed by atoms with Gasteiger partial charge in [-0.3, -0.25) is 4.79 Å². The van der Waals surface area contributed by atoms with Crippen molar-refractivity contribution in [1.29, 1.82) is 0 Å². The maximum atomic E-state index is 11.1. The topological polar surface area (TPSA) is 42.4 Å². The predicted molar refractivity (Wildman–Crippen MR) is 71.5 cm³/mol. The van der Waals surface area contributed by atoms with Crippen LogP contribution in [0.15, 0.2) is 16.7 Å². The Hall–Kier alpha value is -0.810. The lowest BCUT2D eigenvalue weighted by Crippen LogP contribution is -2.27. The Bertz CT molecular complexity index is 401. The van der Waals surface area contributed by atoms with Crippen LogP contribution in [0.4, 0.5) is 5.82 Å². The number of carbonyl (C=O) groups excluding carboxylic acids is 1. The number of methoxy groups -OCH3 is 1. The van der Waals surface area contributed by atoms with Gasteiger partial charge in [0, 0.05) is 19.3 Å². The number of pyridine rings is 1. The van der Waals surface area contributed by atoms with Crippen molar-refractivity contribution < 1.29 is 9.53 Å². The first-order valence-electron chi connectivity index (χ1n) is 5.21. The second-order valence-corrected chi connectivity index (χ2v) is 4.66. The van der Waals surface area contributed by atoms with Gasteiger partial charge in [0.15, 0.2) is 0 Å². The van der Waals surface area contributed by atoms with E-state index in [0.717, 1.165) is 16.8 Å². The lowest BCUT2D eigenvalue weighted by Gasteiger charge is -2.22. The van der Waals surface area contributed by atoms with E-state index in [-0.39, 0.29) is 5.97 Å². The number of carbonyl (C=O) groups is 1. The Morgan fingerprint density at radius 2 is 2.35 bits per heavy atom. The van der Waals surface area contributed by atoms with Gasteiger partial charge in [0.2, 0.25) is 0 Å². The van der Waals surface area contributed by atoms with Gasteiger partial charge in [-0.05, 0) is 28.9 Å². The number of hydrogen-bond donors (Lipinski definition) is 0. The van der Waals surface area contributed by atoms with E-state index in [9.17, 15) is 4.79 Å². The number of anilines is 1. The molecule has 17 heavy (non-hydrogen) atoms. The van der Waals surface area contributed by atoms with Crippen LogP contribution in [0.2, 0.25) is 5.02 Å². The fourth-order valence-corrected chi connectivity index (χ4v) is 2.27. The van der Waals surface area contributed by atoms with E-state index in [4.69, 9.17) is 11.6 Å². The van der Waals surface area contributed by atoms with Crippen LogP contribution in [0.3, 0.4) is 0 Å². The summed E-state index contributed by atoms with van der Waals surface area (Å²) in [6.07, 6.45) is 1.92. The lowest BCUT2D eigenvalue weighted by molar-refractivity contribution is -0.140. The van der Waals surface area contributed by atoms with Crippen molar-refractivity contribution in [2.75, 3.05) is 25.1 Å². The molecule has 0 amide bonds. The van der Waals surface area contributed by atoms with Gasteiger partial charge in [0.05, 0.1) is 23.0 Å². The average Bonchev–Trinajstić information content (AvgIpc) is 2.31. The number of nitrogens with zero attached hydrogens (tertiary/aromatic N) is 2. The maximum Gasteiger partial charge on any atom is 0.307 e. The van der Waals surface area contributed by atoms with Crippen molar-refractivity contribution in [3.63, 3.8) is 0 Å². The van der Waals surface area contributed by atoms with E-state index in [1.54, 1.807) is 12.3 Å². The average molecular weight is 322 g/mol. The van der Waals surface area contributed by atoms with Gasteiger partial charge in [-0.2, -0.15) is 0 Å². The largest absolute Gasteiger partial charge is 0.469 e. The first-order chi connectivity index (χ1) is 8.08. The van der Waals surface area contributed by atoms with E-state index in [1.165, 1.54) is 7.11 Å². The molecular formula is C11H14BrClN2O2. The van der Waals surface area contributed by atoms with E-state index >= 15 is 0 Å². The normalized spacial score (nSPS) is 10.1. The SMILES string of the molecule is CCN(CCC(=O)OC)c1ncc(Cl)cc1Br. The maximum absolute atomic E-state index is 11.1. The van der Waals surface area contributed by atoms with Crippen LogP contribution in [0, 0.1) is 0 Å². The zero-order valence-electron chi connectivity index (χ0n) is 9.74. The standard InChI is InChI=1S/C11H14BrClN2O2/c1-3-15(5-4-10(16)17-2)11-9(12)6-8(13)7-14-11/h6-7H,3-5H2,1-2H3. The molecule has 1 heterocycles. The molecule has 6 heteroatoms. The molecule has 0 aliphatic heterocycles. The third-order valence-electron chi connectivity index (χ3n) is 2.28. The quantitative estimate of drug-likeness (QED) is 0.782. The molecule has 0 unspecified atom stereocenters. The van der Waals surface area contributed by atoms with Crippen molar-refractivity contribution in [2.24, 2.45) is 0 Å². The molecule has 4 nitrogen and oxygen atoms in total. The monoisotopic (exact) mass is 320 g/mol. The second kappa shape index (κ2) is 6.81. The minimum Gasteiger partial charge on any atom is -0.469 e. The number of rotatable bonds is 5. The molecule has 0 aliphatic carbocycles. The molecule has 1 rings (SSSR count). The second-order valence-electron chi connectivity index (χ2n) is 3.36. The van der Waals surface area contributed by atoms with Crippen LogP contribution in [0.5, 0.6) is 0 Å². The van der Waals surface area contributed by atoms with Gasteiger partial charge in [-0.1, -0.05) is 11.6 Å². The molecule has 0 aromatic carbocycles. The number of halogens is 2. The summed E-state index contributed by atoms with van der Waals surface area (Å²) in [5, 5.41) is 0.574. The molecule has 0 fully saturated rings. The van der Waals surface area contributed by atoms with Gasteiger partial charge in [-0.15, -0.1) is 0 Å². The Labute approximate surface area is 114 Å². The fourth-order valence-electron chi connectivity index (χ4n) is 1.38. The summed E-state index contributed by atoms with van der Waals surface area (Å²) in [6, 6.07) is 1.78. The Kier molecular flexibility index (Phi) is 5.71. The highest BCUT2D eigenvalue weighted by molar-refractivity contribution is 9.10. The van der Waals surface area contributed by atoms with Crippen molar-refractivity contribution in [3.05, 3.63) is 21.8 Å². The van der Waals surface area contributed by atoms with E-state index in [0.29, 0.717) is 18.0 Å². The molecular weight excluding hydrogens is 307 g/mol. The number of hydrogen-bond acceptors (Lipinski definition) is 4. The minimum atomic E-state index is -0.228. The van der Waals surface area contributed by atoms with Crippen LogP contribution in [-0.4, -0.2) is 31.2 Å². The highest BCUT2D eigenvalue weighted by atomic mass is 79.9. The summed E-state index contributed by atoms with van der Waals surface area (Å²) in [7, 11) is 1.38. The Morgan fingerprint density at radius 1 is 1.65 bits per heavy atom. The van der Waals surface area contributed by atoms with Gasteiger partial charge >= 0.3 is 5.97 Å². The zero-order valence-corrected chi connectivity index (χ0v) is 12.1. The van der Waals surface area contributed by atoms with E-state index < -0.39 is 0 Å². The van der Waals surface area contributed by atoms with Gasteiger partial charge < -0.3 is 9.64 Å². The fraction of sp³-hybridized carbons (Fsp3) is 0.455. The molecule has 94 valence electrons. The summed E-state index contributed by atoms with van der Waals surface area (Å²) >= 11 is 9.24. The molecule has 1 aromatic rings. The highest BCUT2D eigenvalue weighted by Crippen LogP contribution is 2.26. The molecule has 0 saturated heterocycles. The van der Waals surface area contributed by atoms with Gasteiger partial charge in [-0.25, -0.2) is 4.98 Å². The molecule has 0 N–H and O–H groups in total. The summed E-state index contributed by atoms with van der Waals surface area (Å²) in [5.41, 5.74) is 0. The molecule has 0 radical (unpaired) electrons. The van der Waals surface area contributed by atoms with Crippen molar-refractivity contribution in [2.45, 2.75) is 13.3 Å². The molecule has 0 spiro atoms. The predicted octanol–water partition coefficient (Wildman–Crippen LogP) is 2.89. The first-order valence-corrected chi connectivity index (χ1v) is 6.38. The van der Waals surface area contributed by atoms with Crippen molar-refractivity contribution in [1.82, 2.24) is 4.98 Å². The van der Waals surface area contributed by atoms with E-state index in [1.807, 2.05) is 11.8 Å². The highest BCUT2D eigenvalue weighted by Gasteiger charge is 2.12. The van der Waals surface area contributed by atoms with Crippen LogP contribution >= 0.6 is 27.5 Å². The minimum absolute atomic E-state index is 0.228. The molecule has 0 aliphatic rings. The summed E-state index contributed by atoms with van der Waals surface area (Å²) in [4.78, 5) is 17.3. The van der Waals surface area contributed by atoms with E-state index in [2.05, 4.69) is 25.7 Å². The summed E-state index contributed by atoms with van der Waals surface area (Å²) in [6.45, 7) is 3.32. The Balaban J connectivity index is 2.75. The lowest BCUT2D eigenvalue weighted by atomic mass is 10.3. The smallest absolute Gasteiger partial charge is 0.307 e. The molecule has 0 atom stereocenters. The summed E-state index contributed by atoms with van der Waals surface area (Å²) in [5.74, 6) is 0.550. The molecule has 1 aromatic heterocycles. The van der Waals surface area contributed by atoms with Crippen LogP contribution < -0.4 is 4.90 Å². The molecule has 0 saturated carbocycles. The number of ether oxygens (including phenoxy) is 1. The van der Waals surface area contributed by atoms with Gasteiger partial charge in [0.25, 0.3) is 0 Å². The van der Waals surface area contributed by atoms with Crippen molar-refractivity contribution in [3.8, 4) is 0 Å². The molecule has 0 bridgehead atoms. The third-order valence-corrected chi connectivity index (χ3v) is 3.07. The summed E-state index contributed by atoms with van der Waals surface area (Å²) < 4.78 is 5.43. The Morgan fingerprint density at radius 3 is 2.88 bits per heavy atom. The number of esters is 1. The zero-order chi connectivity index (χ0) is 12.8. The van der Waals surface area contributed by atoms with Gasteiger partial charge in [0.1, 0.15) is 5.82 Å². The third kappa shape index (κ3) is 4.16. The van der Waals surface area contributed by atoms with Crippen LogP contribution in [-0.2, 0) is 9.53 Å². The van der Waals surface area contributed by atoms with Crippen LogP contribution in [0.25, 0.3) is 0 Å².